The van der Waals surface area contributed by atoms with E-state index in [1.54, 1.807) is 0 Å². The lowest BCUT2D eigenvalue weighted by Gasteiger charge is -2.13. The summed E-state index contributed by atoms with van der Waals surface area (Å²) in [6.45, 7) is 6.48. The van der Waals surface area contributed by atoms with Crippen molar-refractivity contribution < 1.29 is 5.11 Å². The lowest BCUT2D eigenvalue weighted by Crippen LogP contribution is -2.15. The quantitative estimate of drug-likeness (QED) is 0.819. The van der Waals surface area contributed by atoms with Gasteiger partial charge in [-0.2, -0.15) is 11.8 Å². The number of rotatable bonds is 6. The molecule has 1 nitrogen and oxygen atoms in total. The van der Waals surface area contributed by atoms with Gasteiger partial charge in [-0.1, -0.05) is 43.7 Å². The van der Waals surface area contributed by atoms with Gasteiger partial charge in [-0.25, -0.2) is 0 Å². The number of aliphatic hydroxyl groups excluding tert-OH is 1. The predicted octanol–water partition coefficient (Wildman–Crippen LogP) is 3.43. The van der Waals surface area contributed by atoms with Gasteiger partial charge >= 0.3 is 0 Å². The molecule has 0 bridgehead atoms. The van der Waals surface area contributed by atoms with Crippen molar-refractivity contribution in [2.75, 3.05) is 5.75 Å². The first kappa shape index (κ1) is 13.6. The van der Waals surface area contributed by atoms with Gasteiger partial charge in [0.1, 0.15) is 0 Å². The minimum absolute atomic E-state index is 0.221. The summed E-state index contributed by atoms with van der Waals surface area (Å²) in [7, 11) is 0. The summed E-state index contributed by atoms with van der Waals surface area (Å²) < 4.78 is 0. The first-order chi connectivity index (χ1) is 7.61. The van der Waals surface area contributed by atoms with E-state index in [1.807, 2.05) is 11.8 Å². The third-order valence-electron chi connectivity index (χ3n) is 2.70. The Morgan fingerprint density at radius 2 is 2.12 bits per heavy atom. The molecule has 90 valence electrons. The molecule has 1 rings (SSSR count). The topological polar surface area (TPSA) is 20.2 Å². The lowest BCUT2D eigenvalue weighted by molar-refractivity contribution is 0.200. The van der Waals surface area contributed by atoms with E-state index in [-0.39, 0.29) is 6.10 Å². The lowest BCUT2D eigenvalue weighted by atomic mass is 10.1. The Hall–Kier alpha value is -0.470. The third-order valence-corrected chi connectivity index (χ3v) is 4.18. The maximum Gasteiger partial charge on any atom is 0.0670 e. The van der Waals surface area contributed by atoms with Crippen LogP contribution in [0.5, 0.6) is 0 Å². The van der Waals surface area contributed by atoms with Crippen molar-refractivity contribution in [2.45, 2.75) is 45.0 Å². The Labute approximate surface area is 103 Å². The van der Waals surface area contributed by atoms with E-state index in [2.05, 4.69) is 45.0 Å². The van der Waals surface area contributed by atoms with E-state index in [9.17, 15) is 5.11 Å². The van der Waals surface area contributed by atoms with Gasteiger partial charge in [0.25, 0.3) is 0 Å². The van der Waals surface area contributed by atoms with Crippen LogP contribution in [0, 0.1) is 6.92 Å². The van der Waals surface area contributed by atoms with Crippen LogP contribution < -0.4 is 0 Å². The second-order valence-corrected chi connectivity index (χ2v) is 5.87. The van der Waals surface area contributed by atoms with E-state index in [0.717, 1.165) is 12.2 Å². The SMILES string of the molecule is CCC(C)SCC(O)Cc1cccc(C)c1. The van der Waals surface area contributed by atoms with E-state index in [1.165, 1.54) is 17.5 Å². The molecule has 2 unspecified atom stereocenters. The maximum atomic E-state index is 9.92. The molecule has 0 aliphatic rings. The highest BCUT2D eigenvalue weighted by molar-refractivity contribution is 7.99. The largest absolute Gasteiger partial charge is 0.392 e. The highest BCUT2D eigenvalue weighted by atomic mass is 32.2. The first-order valence-corrected chi connectivity index (χ1v) is 7.02. The minimum atomic E-state index is -0.221. The van der Waals surface area contributed by atoms with Crippen LogP contribution in [0.1, 0.15) is 31.4 Å². The molecule has 0 fully saturated rings. The van der Waals surface area contributed by atoms with Gasteiger partial charge in [0.2, 0.25) is 0 Å². The summed E-state index contributed by atoms with van der Waals surface area (Å²) in [6.07, 6.45) is 1.72. The molecule has 0 spiro atoms. The fourth-order valence-corrected chi connectivity index (χ4v) is 2.47. The van der Waals surface area contributed by atoms with Crippen LogP contribution in [0.2, 0.25) is 0 Å². The zero-order valence-electron chi connectivity index (χ0n) is 10.4. The standard InChI is InChI=1S/C14H22OS/c1-4-12(3)16-10-14(15)9-13-7-5-6-11(2)8-13/h5-8,12,14-15H,4,9-10H2,1-3H3. The molecule has 0 saturated heterocycles. The van der Waals surface area contributed by atoms with E-state index in [0.29, 0.717) is 5.25 Å². The Bertz CT molecular complexity index is 311. The number of aliphatic hydroxyl groups is 1. The molecule has 1 aromatic rings. The number of thioether (sulfide) groups is 1. The molecular weight excluding hydrogens is 216 g/mol. The van der Waals surface area contributed by atoms with Crippen molar-refractivity contribution >= 4 is 11.8 Å². The van der Waals surface area contributed by atoms with Crippen LogP contribution in [0.3, 0.4) is 0 Å². The zero-order chi connectivity index (χ0) is 12.0. The molecule has 2 atom stereocenters. The molecule has 0 radical (unpaired) electrons. The van der Waals surface area contributed by atoms with Crippen LogP contribution in [0.4, 0.5) is 0 Å². The van der Waals surface area contributed by atoms with E-state index < -0.39 is 0 Å². The van der Waals surface area contributed by atoms with Crippen molar-refractivity contribution in [1.82, 2.24) is 0 Å². The normalized spacial score (nSPS) is 14.8. The van der Waals surface area contributed by atoms with Gasteiger partial charge in [0.05, 0.1) is 6.10 Å². The summed E-state index contributed by atoms with van der Waals surface area (Å²) in [6, 6.07) is 8.38. The van der Waals surface area contributed by atoms with E-state index in [4.69, 9.17) is 0 Å². The highest BCUT2D eigenvalue weighted by Gasteiger charge is 2.08. The van der Waals surface area contributed by atoms with Crippen LogP contribution in [0.25, 0.3) is 0 Å². The van der Waals surface area contributed by atoms with Gasteiger partial charge in [0.15, 0.2) is 0 Å². The monoisotopic (exact) mass is 238 g/mol. The Balaban J connectivity index is 2.36. The molecular formula is C14H22OS. The molecule has 1 aromatic carbocycles. The second kappa shape index (κ2) is 6.97. The van der Waals surface area contributed by atoms with Crippen molar-refractivity contribution in [3.8, 4) is 0 Å². The molecule has 2 heteroatoms. The van der Waals surface area contributed by atoms with Crippen LogP contribution in [-0.2, 0) is 6.42 Å². The first-order valence-electron chi connectivity index (χ1n) is 5.97. The maximum absolute atomic E-state index is 9.92. The van der Waals surface area contributed by atoms with Crippen molar-refractivity contribution in [1.29, 1.82) is 0 Å². The van der Waals surface area contributed by atoms with Crippen molar-refractivity contribution in [3.05, 3.63) is 35.4 Å². The van der Waals surface area contributed by atoms with Gasteiger partial charge in [-0.05, 0) is 25.3 Å². The van der Waals surface area contributed by atoms with Crippen LogP contribution in [-0.4, -0.2) is 22.2 Å². The Kier molecular flexibility index (Phi) is 5.93. The third kappa shape index (κ3) is 5.04. The summed E-state index contributed by atoms with van der Waals surface area (Å²) in [5.41, 5.74) is 2.50. The smallest absolute Gasteiger partial charge is 0.0670 e. The average molecular weight is 238 g/mol. The molecule has 0 amide bonds. The van der Waals surface area contributed by atoms with Crippen LogP contribution in [0.15, 0.2) is 24.3 Å². The Morgan fingerprint density at radius 3 is 2.75 bits per heavy atom. The van der Waals surface area contributed by atoms with Crippen molar-refractivity contribution in [3.63, 3.8) is 0 Å². The molecule has 0 heterocycles. The van der Waals surface area contributed by atoms with E-state index >= 15 is 0 Å². The fourth-order valence-electron chi connectivity index (χ4n) is 1.56. The summed E-state index contributed by atoms with van der Waals surface area (Å²) in [5.74, 6) is 0.836. The molecule has 0 aromatic heterocycles. The number of aryl methyl sites for hydroxylation is 1. The van der Waals surface area contributed by atoms with Gasteiger partial charge in [-0.15, -0.1) is 0 Å². The molecule has 0 aliphatic heterocycles. The highest BCUT2D eigenvalue weighted by Crippen LogP contribution is 2.16. The van der Waals surface area contributed by atoms with Gasteiger partial charge in [-0.3, -0.25) is 0 Å². The molecule has 0 saturated carbocycles. The second-order valence-electron chi connectivity index (χ2n) is 4.40. The van der Waals surface area contributed by atoms with Crippen LogP contribution >= 0.6 is 11.8 Å². The van der Waals surface area contributed by atoms with Gasteiger partial charge in [0, 0.05) is 11.0 Å². The molecule has 1 N–H and O–H groups in total. The summed E-state index contributed by atoms with van der Waals surface area (Å²) in [5, 5.41) is 10.6. The minimum Gasteiger partial charge on any atom is -0.392 e. The number of hydrogen-bond donors (Lipinski definition) is 1. The zero-order valence-corrected chi connectivity index (χ0v) is 11.3. The average Bonchev–Trinajstić information content (AvgIpc) is 2.26. The molecule has 16 heavy (non-hydrogen) atoms. The van der Waals surface area contributed by atoms with Gasteiger partial charge < -0.3 is 5.11 Å². The molecule has 0 aliphatic carbocycles. The number of benzene rings is 1. The number of hydrogen-bond acceptors (Lipinski definition) is 2. The van der Waals surface area contributed by atoms with Crippen molar-refractivity contribution in [2.24, 2.45) is 0 Å². The predicted molar refractivity (Wildman–Crippen MR) is 73.1 cm³/mol. The summed E-state index contributed by atoms with van der Waals surface area (Å²) >= 11 is 1.86. The fraction of sp³-hybridized carbons (Fsp3) is 0.571. The Morgan fingerprint density at radius 1 is 1.38 bits per heavy atom. The summed E-state index contributed by atoms with van der Waals surface area (Å²) in [4.78, 5) is 0.